The van der Waals surface area contributed by atoms with Gasteiger partial charge < -0.3 is 4.74 Å². The van der Waals surface area contributed by atoms with E-state index in [1.165, 1.54) is 31.3 Å². The van der Waals surface area contributed by atoms with Gasteiger partial charge in [-0.25, -0.2) is 0 Å². The molecular weight excluding hydrogens is 312 g/mol. The van der Waals surface area contributed by atoms with E-state index in [9.17, 15) is 9.59 Å². The highest BCUT2D eigenvalue weighted by Crippen LogP contribution is 2.69. The minimum atomic E-state index is -0.167. The molecule has 3 heteroatoms. The van der Waals surface area contributed by atoms with Crippen LogP contribution in [0.4, 0.5) is 0 Å². The fourth-order valence-electron chi connectivity index (χ4n) is 7.85. The first-order chi connectivity index (χ1) is 11.9. The predicted molar refractivity (Wildman–Crippen MR) is 94.8 cm³/mol. The molecule has 5 rings (SSSR count). The molecule has 4 unspecified atom stereocenters. The Morgan fingerprint density at radius 3 is 2.48 bits per heavy atom. The summed E-state index contributed by atoms with van der Waals surface area (Å²) in [6, 6.07) is 0. The summed E-state index contributed by atoms with van der Waals surface area (Å²) in [6.45, 7) is 4.86. The van der Waals surface area contributed by atoms with E-state index < -0.39 is 0 Å². The second kappa shape index (κ2) is 4.98. The van der Waals surface area contributed by atoms with Crippen LogP contribution in [0.2, 0.25) is 0 Å². The molecule has 5 aliphatic rings. The van der Waals surface area contributed by atoms with Gasteiger partial charge in [0, 0.05) is 18.3 Å². The number of hydrogen-bond acceptors (Lipinski definition) is 3. The van der Waals surface area contributed by atoms with Gasteiger partial charge in [-0.3, -0.25) is 9.59 Å². The van der Waals surface area contributed by atoms with Crippen molar-refractivity contribution in [1.29, 1.82) is 0 Å². The molecule has 0 radical (unpaired) electrons. The van der Waals surface area contributed by atoms with Crippen LogP contribution in [0.5, 0.6) is 0 Å². The molecule has 6 atom stereocenters. The van der Waals surface area contributed by atoms with Crippen LogP contribution in [0.1, 0.15) is 78.1 Å². The van der Waals surface area contributed by atoms with Crippen molar-refractivity contribution in [1.82, 2.24) is 0 Å². The quantitative estimate of drug-likeness (QED) is 0.605. The van der Waals surface area contributed by atoms with Gasteiger partial charge in [0.05, 0.1) is 0 Å². The number of allylic oxidation sites excluding steroid dienone is 1. The summed E-state index contributed by atoms with van der Waals surface area (Å²) in [6.07, 6.45) is 12.3. The number of carbonyl (C=O) groups excluding carboxylic acids is 2. The van der Waals surface area contributed by atoms with E-state index >= 15 is 0 Å². The lowest BCUT2D eigenvalue weighted by Crippen LogP contribution is -2.54. The Hall–Kier alpha value is -1.12. The second-order valence-electron chi connectivity index (χ2n) is 9.93. The summed E-state index contributed by atoms with van der Waals surface area (Å²) in [4.78, 5) is 23.8. The van der Waals surface area contributed by atoms with Crippen LogP contribution in [0.3, 0.4) is 0 Å². The average Bonchev–Trinajstić information content (AvgIpc) is 3.10. The first-order valence-corrected chi connectivity index (χ1v) is 10.3. The Labute approximate surface area is 150 Å². The van der Waals surface area contributed by atoms with Gasteiger partial charge in [-0.05, 0) is 80.6 Å². The van der Waals surface area contributed by atoms with E-state index in [4.69, 9.17) is 4.74 Å². The van der Waals surface area contributed by atoms with Crippen LogP contribution >= 0.6 is 0 Å². The standard InChI is InChI=1S/C22H30O3/c1-20-9-5-15(23)13-14(20)3-4-16-17(20)6-10-21(2)18(16)7-11-22(21)12-8-19(24)25-22/h13,16-18H,3-12H2,1-2H3/t16?,17?,18?,20-,21-,22?/m0/s1. The van der Waals surface area contributed by atoms with Crippen molar-refractivity contribution < 1.29 is 14.3 Å². The molecule has 0 N–H and O–H groups in total. The van der Waals surface area contributed by atoms with Crippen molar-refractivity contribution in [2.75, 3.05) is 0 Å². The molecule has 0 bridgehead atoms. The molecule has 0 amide bonds. The van der Waals surface area contributed by atoms with Crippen LogP contribution in [0.25, 0.3) is 0 Å². The molecule has 3 saturated carbocycles. The largest absolute Gasteiger partial charge is 0.458 e. The van der Waals surface area contributed by atoms with Crippen LogP contribution in [0, 0.1) is 28.6 Å². The number of ketones is 1. The number of hydrogen-bond donors (Lipinski definition) is 0. The Balaban J connectivity index is 1.49. The van der Waals surface area contributed by atoms with Gasteiger partial charge in [-0.2, -0.15) is 0 Å². The Bertz CT molecular complexity index is 679. The molecule has 1 heterocycles. The summed E-state index contributed by atoms with van der Waals surface area (Å²) in [7, 11) is 0. The number of esters is 1. The monoisotopic (exact) mass is 342 g/mol. The normalized spacial score (nSPS) is 51.6. The highest BCUT2D eigenvalue weighted by Gasteiger charge is 2.66. The van der Waals surface area contributed by atoms with E-state index in [1.807, 2.05) is 6.08 Å². The van der Waals surface area contributed by atoms with Crippen molar-refractivity contribution >= 4 is 11.8 Å². The van der Waals surface area contributed by atoms with E-state index in [-0.39, 0.29) is 22.4 Å². The van der Waals surface area contributed by atoms with E-state index in [0.717, 1.165) is 38.0 Å². The van der Waals surface area contributed by atoms with E-state index in [2.05, 4.69) is 13.8 Å². The smallest absolute Gasteiger partial charge is 0.306 e. The Kier molecular flexibility index (Phi) is 3.21. The fourth-order valence-corrected chi connectivity index (χ4v) is 7.85. The molecule has 25 heavy (non-hydrogen) atoms. The minimum Gasteiger partial charge on any atom is -0.458 e. The number of ether oxygens (including phenoxy) is 1. The van der Waals surface area contributed by atoms with Gasteiger partial charge in [0.1, 0.15) is 5.60 Å². The molecule has 1 aliphatic heterocycles. The third kappa shape index (κ3) is 1.93. The van der Waals surface area contributed by atoms with Gasteiger partial charge in [0.25, 0.3) is 0 Å². The van der Waals surface area contributed by atoms with Crippen LogP contribution in [-0.4, -0.2) is 17.4 Å². The molecule has 4 fully saturated rings. The first-order valence-electron chi connectivity index (χ1n) is 10.3. The lowest BCUT2D eigenvalue weighted by Gasteiger charge is -2.59. The van der Waals surface area contributed by atoms with Gasteiger partial charge in [-0.1, -0.05) is 19.4 Å². The molecule has 4 aliphatic carbocycles. The van der Waals surface area contributed by atoms with Crippen molar-refractivity contribution in [3.05, 3.63) is 11.6 Å². The lowest BCUT2D eigenvalue weighted by atomic mass is 9.46. The zero-order valence-electron chi connectivity index (χ0n) is 15.6. The van der Waals surface area contributed by atoms with Crippen molar-refractivity contribution in [3.63, 3.8) is 0 Å². The van der Waals surface area contributed by atoms with Crippen LogP contribution in [0.15, 0.2) is 11.6 Å². The van der Waals surface area contributed by atoms with Crippen molar-refractivity contribution in [2.45, 2.75) is 83.7 Å². The van der Waals surface area contributed by atoms with Crippen LogP contribution < -0.4 is 0 Å². The van der Waals surface area contributed by atoms with Crippen molar-refractivity contribution in [2.24, 2.45) is 28.6 Å². The third-order valence-corrected chi connectivity index (χ3v) is 9.29. The molecule has 0 aromatic rings. The van der Waals surface area contributed by atoms with Gasteiger partial charge in [0.2, 0.25) is 0 Å². The summed E-state index contributed by atoms with van der Waals surface area (Å²) in [5.74, 6) is 2.51. The summed E-state index contributed by atoms with van der Waals surface area (Å²) >= 11 is 0. The lowest BCUT2D eigenvalue weighted by molar-refractivity contribution is -0.168. The van der Waals surface area contributed by atoms with Crippen LogP contribution in [-0.2, 0) is 14.3 Å². The Morgan fingerprint density at radius 2 is 1.72 bits per heavy atom. The van der Waals surface area contributed by atoms with Crippen molar-refractivity contribution in [3.8, 4) is 0 Å². The SMILES string of the molecule is C[C@]12CCC(=O)C=C1CCC1C2CC[C@@]2(C)C1CCC21CCC(=O)O1. The zero-order chi connectivity index (χ0) is 17.4. The molecule has 136 valence electrons. The predicted octanol–water partition coefficient (Wildman–Crippen LogP) is 4.59. The third-order valence-electron chi connectivity index (χ3n) is 9.29. The minimum absolute atomic E-state index is 0.0237. The summed E-state index contributed by atoms with van der Waals surface area (Å²) in [5.41, 5.74) is 1.68. The molecule has 1 spiro atoms. The fraction of sp³-hybridized carbons (Fsp3) is 0.818. The first kappa shape index (κ1) is 16.1. The van der Waals surface area contributed by atoms with Gasteiger partial charge >= 0.3 is 5.97 Å². The Morgan fingerprint density at radius 1 is 0.920 bits per heavy atom. The maximum absolute atomic E-state index is 11.9. The number of rotatable bonds is 0. The molecular formula is C22H30O3. The zero-order valence-corrected chi connectivity index (χ0v) is 15.6. The topological polar surface area (TPSA) is 43.4 Å². The summed E-state index contributed by atoms with van der Waals surface area (Å²) < 4.78 is 6.01. The number of carbonyl (C=O) groups is 2. The molecule has 0 aromatic carbocycles. The molecule has 1 saturated heterocycles. The maximum Gasteiger partial charge on any atom is 0.306 e. The number of fused-ring (bicyclic) bond motifs is 6. The average molecular weight is 342 g/mol. The summed E-state index contributed by atoms with van der Waals surface area (Å²) in [5, 5.41) is 0. The highest BCUT2D eigenvalue weighted by molar-refractivity contribution is 5.91. The van der Waals surface area contributed by atoms with Gasteiger partial charge in [0.15, 0.2) is 5.78 Å². The molecule has 0 aromatic heterocycles. The molecule has 3 nitrogen and oxygen atoms in total. The van der Waals surface area contributed by atoms with Gasteiger partial charge in [-0.15, -0.1) is 0 Å². The van der Waals surface area contributed by atoms with E-state index in [1.54, 1.807) is 0 Å². The van der Waals surface area contributed by atoms with E-state index in [0.29, 0.717) is 24.0 Å². The maximum atomic E-state index is 11.9. The second-order valence-corrected chi connectivity index (χ2v) is 9.93. The highest BCUT2D eigenvalue weighted by atomic mass is 16.6.